The normalized spacial score (nSPS) is 23.1. The molecule has 0 amide bonds. The zero-order valence-corrected chi connectivity index (χ0v) is 10.2. The number of ketones is 2. The maximum absolute atomic E-state index is 11.9. The van der Waals surface area contributed by atoms with E-state index in [2.05, 4.69) is 20.9 Å². The highest BCUT2D eigenvalue weighted by atomic mass is 79.9. The highest BCUT2D eigenvalue weighted by Gasteiger charge is 2.41. The first-order chi connectivity index (χ1) is 7.61. The quantitative estimate of drug-likeness (QED) is 0.524. The molecule has 0 spiro atoms. The van der Waals surface area contributed by atoms with Crippen molar-refractivity contribution >= 4 is 33.2 Å². The Morgan fingerprint density at radius 1 is 1.50 bits per heavy atom. The number of rotatable bonds is 0. The number of nitrogens with zero attached hydrogens (tertiary/aromatic N) is 2. The third-order valence-electron chi connectivity index (χ3n) is 3.09. The van der Waals surface area contributed by atoms with Crippen LogP contribution in [0.5, 0.6) is 0 Å². The molecule has 2 aliphatic rings. The number of carbonyl (C=O) groups is 2. The number of alkyl halides is 1. The minimum Gasteiger partial charge on any atom is -0.347 e. The molecule has 1 aliphatic heterocycles. The van der Waals surface area contributed by atoms with E-state index >= 15 is 0 Å². The molecule has 0 aromatic carbocycles. The standard InChI is InChI=1S/C11H9BrN2O2/c1-14-4-5-2-3-13-8-6(5)9(14)11(16)10(15)7(8)12/h4,7H,2-3H2,1H3. The summed E-state index contributed by atoms with van der Waals surface area (Å²) in [6, 6.07) is 0. The van der Waals surface area contributed by atoms with Crippen LogP contribution in [0.15, 0.2) is 11.2 Å². The Balaban J connectivity index is 2.37. The van der Waals surface area contributed by atoms with Crippen molar-refractivity contribution in [3.63, 3.8) is 0 Å². The van der Waals surface area contributed by atoms with Crippen molar-refractivity contribution in [2.75, 3.05) is 6.54 Å². The second-order valence-corrected chi connectivity index (χ2v) is 4.98. The molecule has 16 heavy (non-hydrogen) atoms. The summed E-state index contributed by atoms with van der Waals surface area (Å²) < 4.78 is 1.74. The summed E-state index contributed by atoms with van der Waals surface area (Å²) in [6.45, 7) is 0.690. The van der Waals surface area contributed by atoms with Gasteiger partial charge in [0.1, 0.15) is 10.5 Å². The summed E-state index contributed by atoms with van der Waals surface area (Å²) in [5.41, 5.74) is 3.21. The van der Waals surface area contributed by atoms with Gasteiger partial charge < -0.3 is 4.57 Å². The monoisotopic (exact) mass is 280 g/mol. The van der Waals surface area contributed by atoms with E-state index in [1.165, 1.54) is 0 Å². The summed E-state index contributed by atoms with van der Waals surface area (Å²) >= 11 is 3.26. The van der Waals surface area contributed by atoms with Crippen LogP contribution in [0.25, 0.3) is 0 Å². The largest absolute Gasteiger partial charge is 0.347 e. The van der Waals surface area contributed by atoms with Crippen LogP contribution < -0.4 is 0 Å². The van der Waals surface area contributed by atoms with E-state index in [9.17, 15) is 9.59 Å². The molecule has 0 fully saturated rings. The highest BCUT2D eigenvalue weighted by molar-refractivity contribution is 9.10. The maximum atomic E-state index is 11.9. The minimum atomic E-state index is -0.561. The molecular weight excluding hydrogens is 272 g/mol. The van der Waals surface area contributed by atoms with Crippen LogP contribution in [0.4, 0.5) is 0 Å². The Hall–Kier alpha value is -1.23. The van der Waals surface area contributed by atoms with Gasteiger partial charge in [-0.3, -0.25) is 14.6 Å². The van der Waals surface area contributed by atoms with Gasteiger partial charge in [0.15, 0.2) is 0 Å². The van der Waals surface area contributed by atoms with Crippen LogP contribution in [0.1, 0.15) is 21.6 Å². The Morgan fingerprint density at radius 2 is 2.25 bits per heavy atom. The molecule has 0 saturated heterocycles. The highest BCUT2D eigenvalue weighted by Crippen LogP contribution is 2.30. The summed E-state index contributed by atoms with van der Waals surface area (Å²) in [7, 11) is 1.80. The van der Waals surface area contributed by atoms with E-state index in [4.69, 9.17) is 0 Å². The number of aromatic nitrogens is 1. The Morgan fingerprint density at radius 3 is 3.00 bits per heavy atom. The second kappa shape index (κ2) is 3.13. The van der Waals surface area contributed by atoms with Crippen LogP contribution in [0, 0.1) is 0 Å². The van der Waals surface area contributed by atoms with Gasteiger partial charge in [-0.15, -0.1) is 0 Å². The van der Waals surface area contributed by atoms with E-state index in [1.54, 1.807) is 11.6 Å². The average molecular weight is 281 g/mol. The molecule has 1 unspecified atom stereocenters. The van der Waals surface area contributed by atoms with Gasteiger partial charge in [-0.05, 0) is 12.0 Å². The molecule has 1 aromatic rings. The summed E-state index contributed by atoms with van der Waals surface area (Å²) in [4.78, 5) is 27.4. The smallest absolute Gasteiger partial charge is 0.247 e. The second-order valence-electron chi connectivity index (χ2n) is 4.06. The molecule has 82 valence electrons. The first-order valence-electron chi connectivity index (χ1n) is 5.06. The first kappa shape index (κ1) is 9.96. The zero-order chi connectivity index (χ0) is 11.4. The molecule has 5 heteroatoms. The molecule has 3 rings (SSSR count). The predicted octanol–water partition coefficient (Wildman–Crippen LogP) is 0.899. The fourth-order valence-corrected chi connectivity index (χ4v) is 2.96. The minimum absolute atomic E-state index is 0.411. The SMILES string of the molecule is Cn1cc2c3c1C(=O)C(=O)C(Br)C3=NCC2. The molecular formula is C11H9BrN2O2. The van der Waals surface area contributed by atoms with Crippen molar-refractivity contribution in [1.29, 1.82) is 0 Å². The van der Waals surface area contributed by atoms with Crippen molar-refractivity contribution in [1.82, 2.24) is 4.57 Å². The van der Waals surface area contributed by atoms with Crippen molar-refractivity contribution in [3.05, 3.63) is 23.0 Å². The Bertz CT molecular complexity index is 557. The van der Waals surface area contributed by atoms with Crippen LogP contribution in [-0.2, 0) is 18.3 Å². The third kappa shape index (κ3) is 1.06. The van der Waals surface area contributed by atoms with Crippen molar-refractivity contribution in [2.45, 2.75) is 11.2 Å². The maximum Gasteiger partial charge on any atom is 0.247 e. The molecule has 0 N–H and O–H groups in total. The van der Waals surface area contributed by atoms with Gasteiger partial charge in [-0.1, -0.05) is 15.9 Å². The van der Waals surface area contributed by atoms with Crippen molar-refractivity contribution in [3.8, 4) is 0 Å². The van der Waals surface area contributed by atoms with Gasteiger partial charge in [-0.2, -0.15) is 0 Å². The first-order valence-corrected chi connectivity index (χ1v) is 5.98. The predicted molar refractivity (Wildman–Crippen MR) is 62.6 cm³/mol. The number of aryl methyl sites for hydroxylation is 1. The van der Waals surface area contributed by atoms with E-state index < -0.39 is 16.4 Å². The zero-order valence-electron chi connectivity index (χ0n) is 8.66. The van der Waals surface area contributed by atoms with E-state index in [0.29, 0.717) is 12.2 Å². The molecule has 0 bridgehead atoms. The number of Topliss-reactive ketones (excluding diaryl/α,β-unsaturated/α-hetero) is 2. The molecule has 0 radical (unpaired) electrons. The van der Waals surface area contributed by atoms with Gasteiger partial charge >= 0.3 is 0 Å². The fraction of sp³-hybridized carbons (Fsp3) is 0.364. The number of hydrogen-bond acceptors (Lipinski definition) is 3. The topological polar surface area (TPSA) is 51.4 Å². The number of halogens is 1. The number of hydrogen-bond donors (Lipinski definition) is 0. The van der Waals surface area contributed by atoms with Crippen molar-refractivity contribution < 1.29 is 9.59 Å². The molecule has 1 aliphatic carbocycles. The van der Waals surface area contributed by atoms with E-state index in [-0.39, 0.29) is 0 Å². The molecule has 2 heterocycles. The summed E-state index contributed by atoms with van der Waals surface area (Å²) in [5, 5.41) is 0. The van der Waals surface area contributed by atoms with Gasteiger partial charge in [0, 0.05) is 25.4 Å². The van der Waals surface area contributed by atoms with Crippen LogP contribution in [0.3, 0.4) is 0 Å². The lowest BCUT2D eigenvalue weighted by Crippen LogP contribution is -2.40. The molecule has 0 saturated carbocycles. The Kier molecular flexibility index (Phi) is 1.95. The number of aliphatic imine (C=N–C) groups is 1. The van der Waals surface area contributed by atoms with Crippen LogP contribution in [0.2, 0.25) is 0 Å². The lowest BCUT2D eigenvalue weighted by atomic mass is 9.88. The molecule has 1 aromatic heterocycles. The number of carbonyl (C=O) groups excluding carboxylic acids is 2. The third-order valence-corrected chi connectivity index (χ3v) is 3.94. The molecule has 4 nitrogen and oxygen atoms in total. The Labute approximate surface area is 100 Å². The molecule has 1 atom stereocenters. The van der Waals surface area contributed by atoms with Crippen LogP contribution in [-0.4, -0.2) is 33.2 Å². The van der Waals surface area contributed by atoms with Crippen molar-refractivity contribution in [2.24, 2.45) is 12.0 Å². The average Bonchev–Trinajstić information content (AvgIpc) is 2.60. The van der Waals surface area contributed by atoms with Gasteiger partial charge in [0.25, 0.3) is 0 Å². The van der Waals surface area contributed by atoms with E-state index in [0.717, 1.165) is 23.3 Å². The summed E-state index contributed by atoms with van der Waals surface area (Å²) in [5.74, 6) is -0.827. The van der Waals surface area contributed by atoms with Gasteiger partial charge in [0.05, 0.1) is 5.71 Å². The van der Waals surface area contributed by atoms with E-state index in [1.807, 2.05) is 6.20 Å². The lowest BCUT2D eigenvalue weighted by Gasteiger charge is -2.22. The fourth-order valence-electron chi connectivity index (χ4n) is 2.38. The lowest BCUT2D eigenvalue weighted by molar-refractivity contribution is -0.113. The summed E-state index contributed by atoms with van der Waals surface area (Å²) in [6.07, 6.45) is 2.77. The van der Waals surface area contributed by atoms with Crippen LogP contribution >= 0.6 is 15.9 Å². The van der Waals surface area contributed by atoms with Gasteiger partial charge in [-0.25, -0.2) is 0 Å². The van der Waals surface area contributed by atoms with Gasteiger partial charge in [0.2, 0.25) is 11.6 Å².